The van der Waals surface area contributed by atoms with Crippen molar-refractivity contribution in [1.82, 2.24) is 14.8 Å². The summed E-state index contributed by atoms with van der Waals surface area (Å²) < 4.78 is 42.4. The molecule has 0 saturated carbocycles. The van der Waals surface area contributed by atoms with E-state index in [1.54, 1.807) is 24.3 Å². The van der Waals surface area contributed by atoms with Crippen LogP contribution >= 0.6 is 0 Å². The molecule has 1 amide bonds. The Morgan fingerprint density at radius 3 is 2.61 bits per heavy atom. The average molecular weight is 455 g/mol. The smallest absolute Gasteiger partial charge is 0.326 e. The molecule has 0 radical (unpaired) electrons. The number of carbonyl (C=O) groups excluding carboxylic acids is 1. The molecule has 7 nitrogen and oxygen atoms in total. The highest BCUT2D eigenvalue weighted by atomic mass is 19.4. The van der Waals surface area contributed by atoms with Crippen molar-refractivity contribution >= 4 is 11.6 Å². The van der Waals surface area contributed by atoms with Gasteiger partial charge in [0.1, 0.15) is 0 Å². The molecule has 4 rings (SSSR count). The molecule has 170 valence electrons. The standard InChI is InChI=1S/C23H20F3N5O2/c1-13-20(29-22(33)17-10-19(32)28-18-5-3-2-4-16(17)18)21(23(24,25)26)30-31(13)12-15-8-6-14(11-27)7-9-15/h6-10H,2-5,12H2,1H3,(H,28,32)(H,29,33). The van der Waals surface area contributed by atoms with Crippen LogP contribution in [0.25, 0.3) is 0 Å². The Labute approximate surface area is 186 Å². The van der Waals surface area contributed by atoms with E-state index >= 15 is 0 Å². The van der Waals surface area contributed by atoms with Crippen LogP contribution < -0.4 is 10.9 Å². The van der Waals surface area contributed by atoms with Gasteiger partial charge < -0.3 is 10.3 Å². The van der Waals surface area contributed by atoms with Gasteiger partial charge in [-0.25, -0.2) is 0 Å². The fourth-order valence-corrected chi connectivity index (χ4v) is 4.03. The molecule has 0 spiro atoms. The SMILES string of the molecule is Cc1c(NC(=O)c2cc(=O)[nH]c3c2CCCC3)c(C(F)(F)F)nn1Cc1ccc(C#N)cc1. The van der Waals surface area contributed by atoms with Gasteiger partial charge in [-0.1, -0.05) is 12.1 Å². The number of rotatable bonds is 4. The quantitative estimate of drug-likeness (QED) is 0.622. The summed E-state index contributed by atoms with van der Waals surface area (Å²) in [5.74, 6) is -0.772. The fraction of sp³-hybridized carbons (Fsp3) is 0.304. The van der Waals surface area contributed by atoms with E-state index in [4.69, 9.17) is 5.26 Å². The first-order chi connectivity index (χ1) is 15.7. The second kappa shape index (κ2) is 8.58. The lowest BCUT2D eigenvalue weighted by molar-refractivity contribution is -0.140. The number of nitrogens with zero attached hydrogens (tertiary/aromatic N) is 3. The number of nitrogens with one attached hydrogen (secondary N) is 2. The van der Waals surface area contributed by atoms with Gasteiger partial charge in [0.15, 0.2) is 5.69 Å². The van der Waals surface area contributed by atoms with E-state index in [0.717, 1.165) is 23.6 Å². The molecule has 0 saturated heterocycles. The summed E-state index contributed by atoms with van der Waals surface area (Å²) in [5, 5.41) is 15.0. The molecule has 0 fully saturated rings. The largest absolute Gasteiger partial charge is 0.437 e. The summed E-state index contributed by atoms with van der Waals surface area (Å²) >= 11 is 0. The molecule has 2 N–H and O–H groups in total. The van der Waals surface area contributed by atoms with Crippen molar-refractivity contribution in [3.8, 4) is 6.07 Å². The van der Waals surface area contributed by atoms with Gasteiger partial charge in [-0.3, -0.25) is 14.3 Å². The van der Waals surface area contributed by atoms with Crippen molar-refractivity contribution in [3.63, 3.8) is 0 Å². The number of aryl methyl sites for hydroxylation is 1. The molecule has 2 heterocycles. The number of alkyl halides is 3. The number of anilines is 1. The second-order valence-electron chi connectivity index (χ2n) is 7.94. The van der Waals surface area contributed by atoms with E-state index in [2.05, 4.69) is 15.4 Å². The number of H-pyrrole nitrogens is 1. The number of carbonyl (C=O) groups is 1. The van der Waals surface area contributed by atoms with E-state index in [0.29, 0.717) is 35.2 Å². The number of amides is 1. The summed E-state index contributed by atoms with van der Waals surface area (Å²) in [4.78, 5) is 27.7. The Morgan fingerprint density at radius 1 is 1.24 bits per heavy atom. The second-order valence-corrected chi connectivity index (χ2v) is 7.94. The summed E-state index contributed by atoms with van der Waals surface area (Å²) in [6.45, 7) is 1.46. The third-order valence-corrected chi connectivity index (χ3v) is 5.72. The highest BCUT2D eigenvalue weighted by Gasteiger charge is 2.39. The first kappa shape index (κ1) is 22.3. The van der Waals surface area contributed by atoms with Gasteiger partial charge >= 0.3 is 6.18 Å². The Morgan fingerprint density at radius 2 is 1.94 bits per heavy atom. The number of aromatic amines is 1. The highest BCUT2D eigenvalue weighted by molar-refractivity contribution is 6.06. The number of hydrogen-bond donors (Lipinski definition) is 2. The van der Waals surface area contributed by atoms with Crippen molar-refractivity contribution in [2.45, 2.75) is 45.3 Å². The first-order valence-corrected chi connectivity index (χ1v) is 10.4. The molecule has 33 heavy (non-hydrogen) atoms. The maximum atomic E-state index is 13.8. The molecule has 1 aliphatic carbocycles. The topological polar surface area (TPSA) is 104 Å². The van der Waals surface area contributed by atoms with Gasteiger partial charge in [-0.05, 0) is 55.9 Å². The minimum absolute atomic E-state index is 0.0247. The molecular weight excluding hydrogens is 435 g/mol. The van der Waals surface area contributed by atoms with Crippen LogP contribution in [0.1, 0.15) is 57.0 Å². The lowest BCUT2D eigenvalue weighted by Crippen LogP contribution is -2.24. The third kappa shape index (κ3) is 4.53. The van der Waals surface area contributed by atoms with Gasteiger partial charge in [0.2, 0.25) is 5.56 Å². The van der Waals surface area contributed by atoms with E-state index in [1.165, 1.54) is 6.92 Å². The molecule has 1 aromatic carbocycles. The van der Waals surface area contributed by atoms with E-state index in [9.17, 15) is 22.8 Å². The normalized spacial score (nSPS) is 13.3. The lowest BCUT2D eigenvalue weighted by Gasteiger charge is -2.18. The van der Waals surface area contributed by atoms with Crippen LogP contribution in [0.4, 0.5) is 18.9 Å². The molecule has 3 aromatic rings. The third-order valence-electron chi connectivity index (χ3n) is 5.72. The number of hydrogen-bond acceptors (Lipinski definition) is 4. The molecule has 10 heteroatoms. The van der Waals surface area contributed by atoms with Crippen LogP contribution in [0, 0.1) is 18.3 Å². The summed E-state index contributed by atoms with van der Waals surface area (Å²) in [7, 11) is 0. The van der Waals surface area contributed by atoms with Gasteiger partial charge in [-0.15, -0.1) is 0 Å². The molecule has 0 bridgehead atoms. The zero-order valence-electron chi connectivity index (χ0n) is 17.7. The van der Waals surface area contributed by atoms with Crippen LogP contribution in [0.15, 0.2) is 35.1 Å². The van der Waals surface area contributed by atoms with Crippen molar-refractivity contribution in [1.29, 1.82) is 5.26 Å². The van der Waals surface area contributed by atoms with Crippen molar-refractivity contribution in [2.24, 2.45) is 0 Å². The lowest BCUT2D eigenvalue weighted by atomic mass is 9.92. The number of halogens is 3. The Kier molecular flexibility index (Phi) is 5.80. The summed E-state index contributed by atoms with van der Waals surface area (Å²) in [6, 6.07) is 9.51. The minimum Gasteiger partial charge on any atom is -0.326 e. The van der Waals surface area contributed by atoms with Crippen molar-refractivity contribution in [2.75, 3.05) is 5.32 Å². The van der Waals surface area contributed by atoms with Gasteiger partial charge in [-0.2, -0.15) is 23.5 Å². The number of benzene rings is 1. The molecule has 1 aliphatic rings. The maximum absolute atomic E-state index is 13.8. The van der Waals surface area contributed by atoms with Gasteiger partial charge in [0, 0.05) is 11.8 Å². The van der Waals surface area contributed by atoms with Crippen LogP contribution in [0.2, 0.25) is 0 Å². The Hall–Kier alpha value is -3.87. The van der Waals surface area contributed by atoms with Crippen molar-refractivity contribution in [3.05, 3.63) is 80.0 Å². The Balaban J connectivity index is 1.70. The van der Waals surface area contributed by atoms with Crippen LogP contribution in [-0.4, -0.2) is 20.7 Å². The van der Waals surface area contributed by atoms with Crippen LogP contribution in [-0.2, 0) is 25.6 Å². The summed E-state index contributed by atoms with van der Waals surface area (Å²) in [5.41, 5.74) is 0.491. The molecule has 0 aliphatic heterocycles. The predicted octanol–water partition coefficient (Wildman–Crippen LogP) is 3.95. The maximum Gasteiger partial charge on any atom is 0.437 e. The zero-order chi connectivity index (χ0) is 23.8. The predicted molar refractivity (Wildman–Crippen MR) is 114 cm³/mol. The zero-order valence-corrected chi connectivity index (χ0v) is 17.7. The Bertz CT molecular complexity index is 1310. The van der Waals surface area contributed by atoms with Crippen molar-refractivity contribution < 1.29 is 18.0 Å². The fourth-order valence-electron chi connectivity index (χ4n) is 4.03. The van der Waals surface area contributed by atoms with Crippen LogP contribution in [0.3, 0.4) is 0 Å². The van der Waals surface area contributed by atoms with Crippen LogP contribution in [0.5, 0.6) is 0 Å². The average Bonchev–Trinajstić information content (AvgIpc) is 3.09. The molecule has 0 unspecified atom stereocenters. The van der Waals surface area contributed by atoms with E-state index < -0.39 is 29.0 Å². The molecule has 0 atom stereocenters. The first-order valence-electron chi connectivity index (χ1n) is 10.4. The molecular formula is C23H20F3N5O2. The number of aromatic nitrogens is 3. The van der Waals surface area contributed by atoms with Gasteiger partial charge in [0.05, 0.1) is 35.1 Å². The number of pyridine rings is 1. The summed E-state index contributed by atoms with van der Waals surface area (Å²) in [6.07, 6.45) is -1.92. The van der Waals surface area contributed by atoms with E-state index in [1.807, 2.05) is 6.07 Å². The minimum atomic E-state index is -4.79. The molecule has 2 aromatic heterocycles. The number of nitriles is 1. The monoisotopic (exact) mass is 455 g/mol. The highest BCUT2D eigenvalue weighted by Crippen LogP contribution is 2.36. The van der Waals surface area contributed by atoms with Gasteiger partial charge in [0.25, 0.3) is 5.91 Å². The van der Waals surface area contributed by atoms with E-state index in [-0.39, 0.29) is 17.8 Å². The number of fused-ring (bicyclic) bond motifs is 1.